The van der Waals surface area contributed by atoms with E-state index in [-0.39, 0.29) is 11.0 Å². The maximum absolute atomic E-state index is 5.94. The van der Waals surface area contributed by atoms with Gasteiger partial charge in [-0.3, -0.25) is 4.99 Å². The number of nitrogens with zero attached hydrogens (tertiary/aromatic N) is 1. The first-order chi connectivity index (χ1) is 8.75. The van der Waals surface area contributed by atoms with Crippen molar-refractivity contribution in [2.75, 3.05) is 13.7 Å². The van der Waals surface area contributed by atoms with Crippen LogP contribution in [-0.4, -0.2) is 37.3 Å². The van der Waals surface area contributed by atoms with Crippen LogP contribution in [0.4, 0.5) is 0 Å². The topological polar surface area (TPSA) is 45.7 Å². The second-order valence-electron chi connectivity index (χ2n) is 7.49. The van der Waals surface area contributed by atoms with Crippen molar-refractivity contribution in [2.45, 2.75) is 65.1 Å². The third-order valence-corrected chi connectivity index (χ3v) is 4.34. The zero-order valence-corrected chi connectivity index (χ0v) is 13.2. The van der Waals surface area contributed by atoms with Crippen molar-refractivity contribution < 1.29 is 4.74 Å². The Morgan fingerprint density at radius 2 is 2.00 bits per heavy atom. The summed E-state index contributed by atoms with van der Waals surface area (Å²) in [6.45, 7) is 12.0. The zero-order valence-electron chi connectivity index (χ0n) is 13.2. The van der Waals surface area contributed by atoms with Crippen LogP contribution in [0.5, 0.6) is 0 Å². The van der Waals surface area contributed by atoms with Crippen LogP contribution in [0.25, 0.3) is 0 Å². The molecule has 2 N–H and O–H groups in total. The summed E-state index contributed by atoms with van der Waals surface area (Å²) in [5, 5.41) is 7.04. The van der Waals surface area contributed by atoms with Gasteiger partial charge in [0.05, 0.1) is 6.10 Å². The Bertz CT molecular complexity index is 357. The van der Waals surface area contributed by atoms with E-state index in [4.69, 9.17) is 4.74 Å². The van der Waals surface area contributed by atoms with Crippen LogP contribution >= 0.6 is 0 Å². The van der Waals surface area contributed by atoms with Crippen molar-refractivity contribution >= 4 is 5.96 Å². The van der Waals surface area contributed by atoms with Crippen molar-refractivity contribution in [3.8, 4) is 0 Å². The molecule has 0 amide bonds. The average molecular weight is 267 g/mol. The number of hydrogen-bond donors (Lipinski definition) is 2. The van der Waals surface area contributed by atoms with Crippen molar-refractivity contribution in [3.05, 3.63) is 0 Å². The molecule has 4 nitrogen and oxygen atoms in total. The lowest BCUT2D eigenvalue weighted by Gasteiger charge is -2.60. The second kappa shape index (κ2) is 4.97. The largest absolute Gasteiger partial charge is 0.377 e. The van der Waals surface area contributed by atoms with Crippen molar-refractivity contribution in [2.24, 2.45) is 16.3 Å². The van der Waals surface area contributed by atoms with E-state index in [2.05, 4.69) is 50.2 Å². The van der Waals surface area contributed by atoms with Gasteiger partial charge in [-0.2, -0.15) is 0 Å². The van der Waals surface area contributed by atoms with Gasteiger partial charge in [-0.15, -0.1) is 0 Å². The predicted molar refractivity (Wildman–Crippen MR) is 79.4 cm³/mol. The van der Waals surface area contributed by atoms with Crippen molar-refractivity contribution in [1.82, 2.24) is 10.6 Å². The van der Waals surface area contributed by atoms with Crippen LogP contribution in [0.3, 0.4) is 0 Å². The Hall–Kier alpha value is -0.770. The number of guanidine groups is 1. The average Bonchev–Trinajstić information content (AvgIpc) is 2.33. The molecule has 2 rings (SSSR count). The van der Waals surface area contributed by atoms with E-state index in [1.54, 1.807) is 0 Å². The summed E-state index contributed by atoms with van der Waals surface area (Å²) >= 11 is 0. The molecule has 1 saturated heterocycles. The van der Waals surface area contributed by atoms with Crippen LogP contribution in [0.15, 0.2) is 4.99 Å². The fraction of sp³-hybridized carbons (Fsp3) is 0.933. The molecule has 0 radical (unpaired) electrons. The lowest BCUT2D eigenvalue weighted by atomic mass is 9.55. The maximum Gasteiger partial charge on any atom is 0.191 e. The predicted octanol–water partition coefficient (Wildman–Crippen LogP) is 2.15. The van der Waals surface area contributed by atoms with Gasteiger partial charge in [-0.05, 0) is 33.6 Å². The van der Waals surface area contributed by atoms with Crippen LogP contribution in [0.1, 0.15) is 47.5 Å². The molecule has 1 aliphatic heterocycles. The summed E-state index contributed by atoms with van der Waals surface area (Å²) in [4.78, 5) is 4.35. The molecule has 1 heterocycles. The van der Waals surface area contributed by atoms with E-state index < -0.39 is 0 Å². The molecular formula is C15H29N3O. The van der Waals surface area contributed by atoms with Gasteiger partial charge in [-0.1, -0.05) is 13.8 Å². The van der Waals surface area contributed by atoms with Gasteiger partial charge in [0, 0.05) is 36.6 Å². The van der Waals surface area contributed by atoms with E-state index in [0.717, 1.165) is 12.6 Å². The standard InChI is InChI=1S/C15H29N3O/c1-14(2,3)18-13(16-6)17-11-10-8-7-9-19-12(10)15(11,4)5/h10-12H,7-9H2,1-6H3,(H2,16,17,18). The van der Waals surface area contributed by atoms with Gasteiger partial charge in [0.2, 0.25) is 0 Å². The fourth-order valence-electron chi connectivity index (χ4n) is 3.47. The molecule has 0 aromatic rings. The summed E-state index contributed by atoms with van der Waals surface area (Å²) in [5.74, 6) is 1.52. The number of fused-ring (bicyclic) bond motifs is 1. The molecule has 1 aliphatic carbocycles. The molecule has 3 atom stereocenters. The Morgan fingerprint density at radius 3 is 2.58 bits per heavy atom. The summed E-state index contributed by atoms with van der Waals surface area (Å²) in [6, 6.07) is 0.450. The summed E-state index contributed by atoms with van der Waals surface area (Å²) in [5.41, 5.74) is 0.207. The van der Waals surface area contributed by atoms with Gasteiger partial charge in [0.1, 0.15) is 0 Å². The lowest BCUT2D eigenvalue weighted by Crippen LogP contribution is -2.71. The molecule has 0 spiro atoms. The molecule has 3 unspecified atom stereocenters. The Morgan fingerprint density at radius 1 is 1.32 bits per heavy atom. The highest BCUT2D eigenvalue weighted by molar-refractivity contribution is 5.81. The highest BCUT2D eigenvalue weighted by atomic mass is 16.5. The summed E-state index contributed by atoms with van der Waals surface area (Å²) < 4.78 is 5.94. The van der Waals surface area contributed by atoms with Gasteiger partial charge in [-0.25, -0.2) is 0 Å². The Kier molecular flexibility index (Phi) is 3.83. The highest BCUT2D eigenvalue weighted by Crippen LogP contribution is 2.51. The van der Waals surface area contributed by atoms with Crippen LogP contribution in [0.2, 0.25) is 0 Å². The maximum atomic E-state index is 5.94. The molecule has 0 aromatic carbocycles. The van der Waals surface area contributed by atoms with Gasteiger partial charge >= 0.3 is 0 Å². The van der Waals surface area contributed by atoms with E-state index in [1.807, 2.05) is 7.05 Å². The van der Waals surface area contributed by atoms with E-state index >= 15 is 0 Å². The first-order valence-electron chi connectivity index (χ1n) is 7.39. The van der Waals surface area contributed by atoms with Gasteiger partial charge in [0.25, 0.3) is 0 Å². The van der Waals surface area contributed by atoms with Gasteiger partial charge < -0.3 is 15.4 Å². The number of ether oxygens (including phenoxy) is 1. The summed E-state index contributed by atoms with van der Waals surface area (Å²) in [7, 11) is 1.83. The minimum absolute atomic E-state index is 0.0260. The second-order valence-corrected chi connectivity index (χ2v) is 7.49. The Labute approximate surface area is 117 Å². The molecule has 4 heteroatoms. The SMILES string of the molecule is CN=C(NC1C2CCCOC2C1(C)C)NC(C)(C)C. The minimum Gasteiger partial charge on any atom is -0.377 e. The first-order valence-corrected chi connectivity index (χ1v) is 7.39. The van der Waals surface area contributed by atoms with E-state index in [1.165, 1.54) is 12.8 Å². The fourth-order valence-corrected chi connectivity index (χ4v) is 3.47. The smallest absolute Gasteiger partial charge is 0.191 e. The normalized spacial score (nSPS) is 34.2. The summed E-state index contributed by atoms with van der Waals surface area (Å²) in [6.07, 6.45) is 2.85. The third kappa shape index (κ3) is 2.88. The molecule has 1 saturated carbocycles. The van der Waals surface area contributed by atoms with Crippen LogP contribution in [0, 0.1) is 11.3 Å². The monoisotopic (exact) mass is 267 g/mol. The zero-order chi connectivity index (χ0) is 14.3. The van der Waals surface area contributed by atoms with Crippen molar-refractivity contribution in [3.63, 3.8) is 0 Å². The Balaban J connectivity index is 2.02. The van der Waals surface area contributed by atoms with Crippen LogP contribution in [-0.2, 0) is 4.74 Å². The molecular weight excluding hydrogens is 238 g/mol. The molecule has 0 aromatic heterocycles. The molecule has 2 aliphatic rings. The van der Waals surface area contributed by atoms with Gasteiger partial charge in [0.15, 0.2) is 5.96 Å². The van der Waals surface area contributed by atoms with E-state index in [0.29, 0.717) is 18.1 Å². The third-order valence-electron chi connectivity index (χ3n) is 4.34. The number of rotatable bonds is 1. The molecule has 0 bridgehead atoms. The number of hydrogen-bond acceptors (Lipinski definition) is 2. The first kappa shape index (κ1) is 14.6. The molecule has 110 valence electrons. The highest BCUT2D eigenvalue weighted by Gasteiger charge is 2.58. The van der Waals surface area contributed by atoms with Crippen LogP contribution < -0.4 is 10.6 Å². The lowest BCUT2D eigenvalue weighted by molar-refractivity contribution is -0.188. The molecule has 2 fully saturated rings. The number of aliphatic imine (C=N–C) groups is 1. The number of nitrogens with one attached hydrogen (secondary N) is 2. The minimum atomic E-state index is 0.0260. The molecule has 19 heavy (non-hydrogen) atoms. The quantitative estimate of drug-likeness (QED) is 0.565. The van der Waals surface area contributed by atoms with Crippen molar-refractivity contribution in [1.29, 1.82) is 0 Å². The van der Waals surface area contributed by atoms with E-state index in [9.17, 15) is 0 Å².